The van der Waals surface area contributed by atoms with Crippen molar-refractivity contribution in [2.24, 2.45) is 5.73 Å². The van der Waals surface area contributed by atoms with Gasteiger partial charge in [-0.15, -0.1) is 0 Å². The van der Waals surface area contributed by atoms with Crippen LogP contribution in [0.25, 0.3) is 0 Å². The molecule has 0 aliphatic rings. The van der Waals surface area contributed by atoms with Crippen LogP contribution >= 0.6 is 11.6 Å². The summed E-state index contributed by atoms with van der Waals surface area (Å²) in [6, 6.07) is 7.64. The highest BCUT2D eigenvalue weighted by Gasteiger charge is 2.12. The van der Waals surface area contributed by atoms with E-state index in [1.54, 1.807) is 6.20 Å². The molecule has 4 heteroatoms. The molecule has 0 fully saturated rings. The minimum Gasteiger partial charge on any atom is -0.439 e. The lowest BCUT2D eigenvalue weighted by Gasteiger charge is -2.14. The van der Waals surface area contributed by atoms with Crippen molar-refractivity contribution in [1.29, 1.82) is 0 Å². The van der Waals surface area contributed by atoms with Gasteiger partial charge in [0.2, 0.25) is 5.88 Å². The molecule has 0 radical (unpaired) electrons. The third-order valence-corrected chi connectivity index (χ3v) is 3.74. The number of benzene rings is 1. The van der Waals surface area contributed by atoms with Gasteiger partial charge in [0.15, 0.2) is 0 Å². The summed E-state index contributed by atoms with van der Waals surface area (Å²) in [7, 11) is 0. The van der Waals surface area contributed by atoms with E-state index in [0.717, 1.165) is 27.5 Å². The summed E-state index contributed by atoms with van der Waals surface area (Å²) in [5, 5.41) is 0.771. The van der Waals surface area contributed by atoms with Crippen LogP contribution in [0.5, 0.6) is 11.6 Å². The molecule has 0 unspecified atom stereocenters. The predicted molar refractivity (Wildman–Crippen MR) is 87.2 cm³/mol. The highest BCUT2D eigenvalue weighted by molar-refractivity contribution is 6.31. The molecule has 1 aromatic heterocycles. The first-order chi connectivity index (χ1) is 9.88. The first-order valence-corrected chi connectivity index (χ1v) is 7.45. The van der Waals surface area contributed by atoms with Crippen molar-refractivity contribution >= 4 is 11.6 Å². The number of halogens is 1. The molecule has 2 rings (SSSR count). The number of aromatic nitrogens is 1. The van der Waals surface area contributed by atoms with Gasteiger partial charge in [0, 0.05) is 23.3 Å². The fourth-order valence-corrected chi connectivity index (χ4v) is 2.53. The molecule has 0 saturated heterocycles. The molecule has 3 nitrogen and oxygen atoms in total. The van der Waals surface area contributed by atoms with Gasteiger partial charge in [0.25, 0.3) is 0 Å². The number of hydrogen-bond donors (Lipinski definition) is 1. The van der Waals surface area contributed by atoms with Crippen molar-refractivity contribution in [3.05, 3.63) is 52.2 Å². The Morgan fingerprint density at radius 3 is 2.52 bits per heavy atom. The summed E-state index contributed by atoms with van der Waals surface area (Å²) in [4.78, 5) is 4.24. The Morgan fingerprint density at radius 1 is 1.19 bits per heavy atom. The lowest BCUT2D eigenvalue weighted by Crippen LogP contribution is -2.05. The van der Waals surface area contributed by atoms with Crippen molar-refractivity contribution in [1.82, 2.24) is 4.98 Å². The molecule has 21 heavy (non-hydrogen) atoms. The molecule has 0 aliphatic heterocycles. The van der Waals surface area contributed by atoms with Crippen molar-refractivity contribution in [2.75, 3.05) is 0 Å². The van der Waals surface area contributed by atoms with Crippen molar-refractivity contribution < 1.29 is 4.74 Å². The van der Waals surface area contributed by atoms with Gasteiger partial charge in [-0.05, 0) is 54.7 Å². The maximum Gasteiger partial charge on any atom is 0.219 e. The summed E-state index contributed by atoms with van der Waals surface area (Å²) in [5.41, 5.74) is 8.94. The lowest BCUT2D eigenvalue weighted by molar-refractivity contribution is 0.457. The number of aryl methyl sites for hydroxylation is 1. The zero-order valence-corrected chi connectivity index (χ0v) is 13.6. The van der Waals surface area contributed by atoms with Gasteiger partial charge in [-0.3, -0.25) is 0 Å². The van der Waals surface area contributed by atoms with Crippen LogP contribution in [-0.4, -0.2) is 4.98 Å². The molecule has 1 atom stereocenters. The van der Waals surface area contributed by atoms with Gasteiger partial charge < -0.3 is 10.5 Å². The maximum absolute atomic E-state index is 6.28. The fraction of sp³-hybridized carbons (Fsp3) is 0.353. The third-order valence-electron chi connectivity index (χ3n) is 3.42. The Kier molecular flexibility index (Phi) is 4.86. The summed E-state index contributed by atoms with van der Waals surface area (Å²) in [5.74, 6) is 1.66. The summed E-state index contributed by atoms with van der Waals surface area (Å²) in [6.07, 6.45) is 1.71. The number of pyridine rings is 1. The Morgan fingerprint density at radius 2 is 1.90 bits per heavy atom. The second kappa shape index (κ2) is 6.46. The Labute approximate surface area is 131 Å². The van der Waals surface area contributed by atoms with E-state index in [4.69, 9.17) is 22.1 Å². The van der Waals surface area contributed by atoms with Gasteiger partial charge in [0.05, 0.1) is 0 Å². The van der Waals surface area contributed by atoms with Crippen molar-refractivity contribution in [2.45, 2.75) is 39.7 Å². The monoisotopic (exact) mass is 304 g/mol. The minimum absolute atomic E-state index is 0.0483. The van der Waals surface area contributed by atoms with E-state index in [-0.39, 0.29) is 6.04 Å². The fourth-order valence-electron chi connectivity index (χ4n) is 2.10. The van der Waals surface area contributed by atoms with E-state index >= 15 is 0 Å². The van der Waals surface area contributed by atoms with Crippen molar-refractivity contribution in [3.8, 4) is 11.6 Å². The van der Waals surface area contributed by atoms with E-state index in [2.05, 4.69) is 18.8 Å². The SMILES string of the molecule is Cc1cc(Cl)c(C(C)C)cc1Oc1cc([C@H](C)N)ccn1. The average molecular weight is 305 g/mol. The van der Waals surface area contributed by atoms with Crippen LogP contribution in [0.2, 0.25) is 5.02 Å². The molecule has 0 aliphatic carbocycles. The van der Waals surface area contributed by atoms with Crippen molar-refractivity contribution in [3.63, 3.8) is 0 Å². The molecule has 2 aromatic rings. The molecule has 1 heterocycles. The van der Waals surface area contributed by atoms with Crippen LogP contribution in [0, 0.1) is 6.92 Å². The zero-order valence-electron chi connectivity index (χ0n) is 12.9. The van der Waals surface area contributed by atoms with Crippen LogP contribution < -0.4 is 10.5 Å². The second-order valence-corrected chi connectivity index (χ2v) is 6.02. The number of nitrogens with two attached hydrogens (primary N) is 1. The number of rotatable bonds is 4. The summed E-state index contributed by atoms with van der Waals surface area (Å²) >= 11 is 6.28. The first-order valence-electron chi connectivity index (χ1n) is 7.08. The largest absolute Gasteiger partial charge is 0.439 e. The van der Waals surface area contributed by atoms with Gasteiger partial charge >= 0.3 is 0 Å². The average Bonchev–Trinajstić information content (AvgIpc) is 2.41. The highest BCUT2D eigenvalue weighted by atomic mass is 35.5. The topological polar surface area (TPSA) is 48.1 Å². The van der Waals surface area contributed by atoms with E-state index in [0.29, 0.717) is 11.8 Å². The number of ether oxygens (including phenoxy) is 1. The Balaban J connectivity index is 2.35. The van der Waals surface area contributed by atoms with Gasteiger partial charge in [-0.25, -0.2) is 4.98 Å². The molecule has 0 spiro atoms. The minimum atomic E-state index is -0.0483. The summed E-state index contributed by atoms with van der Waals surface area (Å²) < 4.78 is 5.92. The predicted octanol–water partition coefficient (Wildman–Crippen LogP) is 4.98. The van der Waals surface area contributed by atoms with E-state index in [1.165, 1.54) is 0 Å². The standard InChI is InChI=1S/C17H21ClN2O/c1-10(2)14-9-16(11(3)7-15(14)18)21-17-8-13(12(4)19)5-6-20-17/h5-10,12H,19H2,1-4H3/t12-/m0/s1. The van der Waals surface area contributed by atoms with Gasteiger partial charge in [0.1, 0.15) is 5.75 Å². The molecular weight excluding hydrogens is 284 g/mol. The van der Waals surface area contributed by atoms with Gasteiger partial charge in [-0.2, -0.15) is 0 Å². The first kappa shape index (κ1) is 15.8. The Hall–Kier alpha value is -1.58. The molecular formula is C17H21ClN2O. The Bertz CT molecular complexity index is 639. The van der Waals surface area contributed by atoms with Crippen LogP contribution in [0.1, 0.15) is 49.4 Å². The van der Waals surface area contributed by atoms with Crippen LogP contribution in [0.3, 0.4) is 0 Å². The smallest absolute Gasteiger partial charge is 0.219 e. The molecule has 0 amide bonds. The van der Waals surface area contributed by atoms with Gasteiger partial charge in [-0.1, -0.05) is 25.4 Å². The quantitative estimate of drug-likeness (QED) is 0.866. The lowest BCUT2D eigenvalue weighted by atomic mass is 10.0. The van der Waals surface area contributed by atoms with E-state index in [9.17, 15) is 0 Å². The molecule has 1 aromatic carbocycles. The van der Waals surface area contributed by atoms with Crippen LogP contribution in [0.4, 0.5) is 0 Å². The summed E-state index contributed by atoms with van der Waals surface area (Å²) in [6.45, 7) is 8.12. The number of hydrogen-bond acceptors (Lipinski definition) is 3. The normalized spacial score (nSPS) is 12.5. The van der Waals surface area contributed by atoms with E-state index in [1.807, 2.05) is 38.1 Å². The van der Waals surface area contributed by atoms with E-state index < -0.39 is 0 Å². The molecule has 0 bridgehead atoms. The molecule has 112 valence electrons. The maximum atomic E-state index is 6.28. The van der Waals surface area contributed by atoms with Crippen LogP contribution in [-0.2, 0) is 0 Å². The second-order valence-electron chi connectivity index (χ2n) is 5.61. The highest BCUT2D eigenvalue weighted by Crippen LogP contribution is 2.33. The zero-order chi connectivity index (χ0) is 15.6. The molecule has 0 saturated carbocycles. The third kappa shape index (κ3) is 3.74. The number of nitrogens with zero attached hydrogens (tertiary/aromatic N) is 1. The van der Waals surface area contributed by atoms with Crippen LogP contribution in [0.15, 0.2) is 30.5 Å². The molecule has 2 N–H and O–H groups in total.